The summed E-state index contributed by atoms with van der Waals surface area (Å²) < 4.78 is 13.3. The molecule has 0 bridgehead atoms. The molecule has 1 aromatic carbocycles. The number of amides is 1. The summed E-state index contributed by atoms with van der Waals surface area (Å²) in [6.07, 6.45) is 12.2. The molecule has 0 atom stereocenters. The van der Waals surface area contributed by atoms with Gasteiger partial charge in [0, 0.05) is 35.7 Å². The van der Waals surface area contributed by atoms with Crippen molar-refractivity contribution >= 4 is 17.3 Å². The molecule has 0 aromatic heterocycles. The summed E-state index contributed by atoms with van der Waals surface area (Å²) in [7, 11) is 0. The van der Waals surface area contributed by atoms with E-state index in [1.54, 1.807) is 6.08 Å². The highest BCUT2D eigenvalue weighted by molar-refractivity contribution is 5.94. The number of nitrogens with one attached hydrogen (secondary N) is 3. The minimum atomic E-state index is -0.223. The Kier molecular flexibility index (Phi) is 5.69. The van der Waals surface area contributed by atoms with Crippen LogP contribution in [0.25, 0.3) is 0 Å². The van der Waals surface area contributed by atoms with E-state index in [0.717, 1.165) is 29.1 Å². The van der Waals surface area contributed by atoms with Gasteiger partial charge < -0.3 is 16.0 Å². The molecule has 4 nitrogen and oxygen atoms in total. The van der Waals surface area contributed by atoms with Crippen molar-refractivity contribution in [2.75, 3.05) is 17.2 Å². The smallest absolute Gasteiger partial charge is 0.224 e. The first-order valence-corrected chi connectivity index (χ1v) is 8.63. The second kappa shape index (κ2) is 8.34. The maximum atomic E-state index is 13.3. The van der Waals surface area contributed by atoms with Crippen LogP contribution in [0.3, 0.4) is 0 Å². The van der Waals surface area contributed by atoms with Gasteiger partial charge in [0.1, 0.15) is 5.83 Å². The van der Waals surface area contributed by atoms with Crippen LogP contribution in [0.4, 0.5) is 15.8 Å². The van der Waals surface area contributed by atoms with Crippen LogP contribution in [0.2, 0.25) is 0 Å². The van der Waals surface area contributed by atoms with Crippen molar-refractivity contribution in [3.8, 4) is 0 Å². The van der Waals surface area contributed by atoms with Crippen LogP contribution < -0.4 is 16.0 Å². The summed E-state index contributed by atoms with van der Waals surface area (Å²) in [6.45, 7) is 4.57. The Morgan fingerprint density at radius 2 is 2.15 bits per heavy atom. The van der Waals surface area contributed by atoms with Crippen molar-refractivity contribution in [2.45, 2.75) is 19.3 Å². The summed E-state index contributed by atoms with van der Waals surface area (Å²) in [4.78, 5) is 11.5. The largest absolute Gasteiger partial charge is 0.382 e. The Hall–Kier alpha value is -3.08. The lowest BCUT2D eigenvalue weighted by atomic mass is 10.0. The summed E-state index contributed by atoms with van der Waals surface area (Å²) >= 11 is 0. The molecule has 1 aromatic rings. The lowest BCUT2D eigenvalue weighted by Crippen LogP contribution is -2.18. The highest BCUT2D eigenvalue weighted by Crippen LogP contribution is 2.26. The Labute approximate surface area is 152 Å². The molecule has 2 aliphatic rings. The first-order valence-electron chi connectivity index (χ1n) is 8.63. The lowest BCUT2D eigenvalue weighted by Gasteiger charge is -2.18. The van der Waals surface area contributed by atoms with E-state index in [9.17, 15) is 9.18 Å². The molecule has 3 N–H and O–H groups in total. The Bertz CT molecular complexity index is 834. The molecule has 0 saturated heterocycles. The van der Waals surface area contributed by atoms with Gasteiger partial charge in [0.2, 0.25) is 5.91 Å². The number of allylic oxidation sites excluding steroid dienone is 6. The molecule has 26 heavy (non-hydrogen) atoms. The third kappa shape index (κ3) is 4.96. The van der Waals surface area contributed by atoms with E-state index in [1.807, 2.05) is 36.4 Å². The molecule has 0 unspecified atom stereocenters. The molecular weight excluding hydrogens is 329 g/mol. The van der Waals surface area contributed by atoms with E-state index in [-0.39, 0.29) is 11.7 Å². The van der Waals surface area contributed by atoms with E-state index >= 15 is 0 Å². The number of hydrogen-bond acceptors (Lipinski definition) is 3. The summed E-state index contributed by atoms with van der Waals surface area (Å²) in [5, 5.41) is 9.33. The number of halogens is 1. The molecule has 5 heteroatoms. The van der Waals surface area contributed by atoms with Crippen LogP contribution in [-0.2, 0) is 11.2 Å². The Morgan fingerprint density at radius 1 is 1.27 bits per heavy atom. The molecule has 0 saturated carbocycles. The minimum Gasteiger partial charge on any atom is -0.382 e. The zero-order chi connectivity index (χ0) is 18.4. The van der Waals surface area contributed by atoms with Crippen LogP contribution in [0.5, 0.6) is 0 Å². The van der Waals surface area contributed by atoms with Crippen molar-refractivity contribution in [3.63, 3.8) is 0 Å². The fourth-order valence-corrected chi connectivity index (χ4v) is 2.78. The van der Waals surface area contributed by atoms with Gasteiger partial charge in [-0.3, -0.25) is 4.79 Å². The van der Waals surface area contributed by atoms with Crippen LogP contribution in [0, 0.1) is 0 Å². The first-order chi connectivity index (χ1) is 12.6. The predicted octanol–water partition coefficient (Wildman–Crippen LogP) is 4.34. The highest BCUT2D eigenvalue weighted by atomic mass is 19.1. The van der Waals surface area contributed by atoms with Gasteiger partial charge in [-0.25, -0.2) is 4.39 Å². The zero-order valence-corrected chi connectivity index (χ0v) is 14.5. The summed E-state index contributed by atoms with van der Waals surface area (Å²) in [6, 6.07) is 5.91. The second-order valence-electron chi connectivity index (χ2n) is 6.17. The van der Waals surface area contributed by atoms with Gasteiger partial charge in [-0.2, -0.15) is 0 Å². The maximum Gasteiger partial charge on any atom is 0.224 e. The van der Waals surface area contributed by atoms with E-state index in [4.69, 9.17) is 0 Å². The molecule has 2 heterocycles. The molecule has 0 spiro atoms. The van der Waals surface area contributed by atoms with E-state index < -0.39 is 0 Å². The summed E-state index contributed by atoms with van der Waals surface area (Å²) in [5.74, 6) is -0.176. The average molecular weight is 351 g/mol. The van der Waals surface area contributed by atoms with E-state index in [1.165, 1.54) is 12.2 Å². The third-order valence-corrected chi connectivity index (χ3v) is 4.13. The van der Waals surface area contributed by atoms with E-state index in [2.05, 4.69) is 22.5 Å². The number of hydrogen-bond donors (Lipinski definition) is 3. The Morgan fingerprint density at radius 3 is 3.04 bits per heavy atom. The number of carbonyl (C=O) groups excluding carboxylic acids is 1. The fraction of sp³-hybridized carbons (Fsp3) is 0.190. The normalized spacial score (nSPS) is 22.3. The maximum absolute atomic E-state index is 13.3. The van der Waals surface area contributed by atoms with Gasteiger partial charge in [0.25, 0.3) is 0 Å². The van der Waals surface area contributed by atoms with Gasteiger partial charge in [-0.05, 0) is 54.8 Å². The molecule has 3 rings (SSSR count). The quantitative estimate of drug-likeness (QED) is 0.707. The molecule has 0 fully saturated rings. The molecule has 1 amide bonds. The zero-order valence-electron chi connectivity index (χ0n) is 14.5. The SMILES string of the molecule is C=C(/C=C/C1=C/C/C=C(F)\C=C/CN1)Nc1ccc2c(c1)NC(=O)CC2. The standard InChI is InChI=1S/C21H22FN3O/c1-15(7-10-18-6-2-4-17(22)5-3-13-23-18)24-19-11-8-16-9-12-21(26)25-20(16)14-19/h3-8,10-11,14,23-24H,1-2,9,12-13H2,(H,25,26)/b5-3-,10-7+,17-4+,18-6-. The minimum absolute atomic E-state index is 0.0473. The molecular formula is C21H22FN3O. The first kappa shape index (κ1) is 17.7. The monoisotopic (exact) mass is 351 g/mol. The number of aryl methyl sites for hydroxylation is 1. The number of carbonyl (C=O) groups is 1. The topological polar surface area (TPSA) is 53.2 Å². The van der Waals surface area contributed by atoms with E-state index in [0.29, 0.717) is 25.1 Å². The highest BCUT2D eigenvalue weighted by Gasteiger charge is 2.14. The predicted molar refractivity (Wildman–Crippen MR) is 104 cm³/mol. The van der Waals surface area contributed by atoms with Crippen molar-refractivity contribution < 1.29 is 9.18 Å². The van der Waals surface area contributed by atoms with Crippen LogP contribution >= 0.6 is 0 Å². The number of anilines is 2. The molecule has 2 aliphatic heterocycles. The number of fused-ring (bicyclic) bond motifs is 1. The van der Waals surface area contributed by atoms with Gasteiger partial charge in [0.05, 0.1) is 0 Å². The molecule has 134 valence electrons. The number of benzene rings is 1. The third-order valence-electron chi connectivity index (χ3n) is 4.13. The van der Waals surface area contributed by atoms with Gasteiger partial charge in [-0.1, -0.05) is 24.8 Å². The van der Waals surface area contributed by atoms with Gasteiger partial charge >= 0.3 is 0 Å². The molecule has 0 radical (unpaired) electrons. The Balaban J connectivity index is 1.62. The van der Waals surface area contributed by atoms with Crippen LogP contribution in [0.1, 0.15) is 18.4 Å². The van der Waals surface area contributed by atoms with Crippen molar-refractivity contribution in [1.82, 2.24) is 5.32 Å². The molecule has 0 aliphatic carbocycles. The van der Waals surface area contributed by atoms with Crippen LogP contribution in [0.15, 0.2) is 78.5 Å². The van der Waals surface area contributed by atoms with Crippen LogP contribution in [-0.4, -0.2) is 12.5 Å². The van der Waals surface area contributed by atoms with Crippen molar-refractivity contribution in [3.05, 3.63) is 84.0 Å². The summed E-state index contributed by atoms with van der Waals surface area (Å²) in [5.41, 5.74) is 4.48. The fourth-order valence-electron chi connectivity index (χ4n) is 2.78. The van der Waals surface area contributed by atoms with Crippen molar-refractivity contribution in [1.29, 1.82) is 0 Å². The van der Waals surface area contributed by atoms with Gasteiger partial charge in [0.15, 0.2) is 0 Å². The lowest BCUT2D eigenvalue weighted by molar-refractivity contribution is -0.116. The van der Waals surface area contributed by atoms with Crippen molar-refractivity contribution in [2.24, 2.45) is 0 Å². The average Bonchev–Trinajstić information content (AvgIpc) is 2.71. The second-order valence-corrected chi connectivity index (χ2v) is 6.17. The van der Waals surface area contributed by atoms with Gasteiger partial charge in [-0.15, -0.1) is 0 Å². The number of rotatable bonds is 4.